The maximum atomic E-state index is 12.5. The lowest BCUT2D eigenvalue weighted by Gasteiger charge is -2.09. The van der Waals surface area contributed by atoms with Crippen LogP contribution in [0.3, 0.4) is 0 Å². The molecule has 134 valence electrons. The summed E-state index contributed by atoms with van der Waals surface area (Å²) < 4.78 is 1.29. The molecule has 1 aromatic carbocycles. The smallest absolute Gasteiger partial charge is 0.262 e. The van der Waals surface area contributed by atoms with Crippen LogP contribution in [-0.4, -0.2) is 21.4 Å². The first-order valence-electron chi connectivity index (χ1n) is 8.11. The molecule has 0 aliphatic carbocycles. The lowest BCUT2D eigenvalue weighted by atomic mass is 10.2. The summed E-state index contributed by atoms with van der Waals surface area (Å²) in [6.45, 7) is 3.30. The summed E-state index contributed by atoms with van der Waals surface area (Å²) in [4.78, 5) is 42.0. The summed E-state index contributed by atoms with van der Waals surface area (Å²) in [5.41, 5.74) is 0.890. The van der Waals surface area contributed by atoms with Crippen LogP contribution in [0, 0.1) is 0 Å². The minimum absolute atomic E-state index is 0.135. The second-order valence-corrected chi connectivity index (χ2v) is 6.89. The van der Waals surface area contributed by atoms with E-state index in [-0.39, 0.29) is 23.9 Å². The van der Waals surface area contributed by atoms with Gasteiger partial charge in [-0.2, -0.15) is 0 Å². The van der Waals surface area contributed by atoms with Gasteiger partial charge in [0.05, 0.1) is 11.7 Å². The number of aromatic nitrogens is 2. The largest absolute Gasteiger partial charge is 0.326 e. The van der Waals surface area contributed by atoms with Gasteiger partial charge in [-0.25, -0.2) is 4.98 Å². The van der Waals surface area contributed by atoms with E-state index in [1.54, 1.807) is 24.3 Å². The molecule has 0 aliphatic heterocycles. The lowest BCUT2D eigenvalue weighted by Crippen LogP contribution is -2.27. The monoisotopic (exact) mass is 370 g/mol. The normalized spacial score (nSPS) is 10.7. The van der Waals surface area contributed by atoms with Crippen LogP contribution in [0.2, 0.25) is 0 Å². The van der Waals surface area contributed by atoms with E-state index in [1.807, 2.05) is 13.0 Å². The van der Waals surface area contributed by atoms with Gasteiger partial charge < -0.3 is 10.6 Å². The minimum Gasteiger partial charge on any atom is -0.326 e. The first-order chi connectivity index (χ1) is 12.5. The Morgan fingerprint density at radius 1 is 1.19 bits per heavy atom. The molecule has 0 atom stereocenters. The van der Waals surface area contributed by atoms with Crippen molar-refractivity contribution in [1.82, 2.24) is 9.55 Å². The molecule has 2 heterocycles. The fraction of sp³-hybridized carbons (Fsp3) is 0.222. The quantitative estimate of drug-likeness (QED) is 0.722. The number of rotatable bonds is 5. The Morgan fingerprint density at radius 3 is 2.62 bits per heavy atom. The summed E-state index contributed by atoms with van der Waals surface area (Å²) in [6.07, 6.45) is 2.24. The Balaban J connectivity index is 1.76. The van der Waals surface area contributed by atoms with Gasteiger partial charge in [0.25, 0.3) is 5.56 Å². The molecule has 0 aliphatic rings. The highest BCUT2D eigenvalue weighted by molar-refractivity contribution is 7.18. The van der Waals surface area contributed by atoms with Gasteiger partial charge in [0.2, 0.25) is 11.8 Å². The van der Waals surface area contributed by atoms with Gasteiger partial charge in [-0.05, 0) is 30.7 Å². The third-order valence-corrected chi connectivity index (χ3v) is 4.89. The molecule has 26 heavy (non-hydrogen) atoms. The van der Waals surface area contributed by atoms with Crippen molar-refractivity contribution in [2.24, 2.45) is 0 Å². The highest BCUT2D eigenvalue weighted by Gasteiger charge is 2.11. The first kappa shape index (κ1) is 17.8. The average Bonchev–Trinajstić information content (AvgIpc) is 3.01. The molecule has 7 nitrogen and oxygen atoms in total. The number of amides is 2. The van der Waals surface area contributed by atoms with E-state index >= 15 is 0 Å². The number of benzene rings is 1. The van der Waals surface area contributed by atoms with Crippen molar-refractivity contribution in [1.29, 1.82) is 0 Å². The minimum atomic E-state index is -0.348. The first-order valence-corrected chi connectivity index (χ1v) is 8.93. The zero-order chi connectivity index (χ0) is 18.7. The van der Waals surface area contributed by atoms with Crippen molar-refractivity contribution in [2.45, 2.75) is 26.8 Å². The Hall–Kier alpha value is -3.00. The number of thiophene rings is 1. The van der Waals surface area contributed by atoms with Gasteiger partial charge >= 0.3 is 0 Å². The van der Waals surface area contributed by atoms with E-state index in [4.69, 9.17) is 0 Å². The molecule has 0 bridgehead atoms. The molecule has 2 N–H and O–H groups in total. The molecule has 3 rings (SSSR count). The van der Waals surface area contributed by atoms with Gasteiger partial charge in [0.1, 0.15) is 11.4 Å². The van der Waals surface area contributed by atoms with Gasteiger partial charge in [0.15, 0.2) is 0 Å². The number of nitrogens with zero attached hydrogens (tertiary/aromatic N) is 2. The summed E-state index contributed by atoms with van der Waals surface area (Å²) in [5.74, 6) is -0.541. The maximum Gasteiger partial charge on any atom is 0.262 e. The van der Waals surface area contributed by atoms with E-state index in [0.717, 1.165) is 11.3 Å². The lowest BCUT2D eigenvalue weighted by molar-refractivity contribution is -0.117. The van der Waals surface area contributed by atoms with Crippen molar-refractivity contribution in [3.05, 3.63) is 51.9 Å². The number of hydrogen-bond acceptors (Lipinski definition) is 5. The third kappa shape index (κ3) is 3.97. The molecule has 0 saturated carbocycles. The van der Waals surface area contributed by atoms with Crippen LogP contribution in [0.1, 0.15) is 18.7 Å². The molecule has 8 heteroatoms. The topological polar surface area (TPSA) is 93.1 Å². The highest BCUT2D eigenvalue weighted by atomic mass is 32.1. The van der Waals surface area contributed by atoms with Crippen LogP contribution in [0.5, 0.6) is 0 Å². The van der Waals surface area contributed by atoms with Gasteiger partial charge in [0, 0.05) is 23.2 Å². The Morgan fingerprint density at radius 2 is 1.92 bits per heavy atom. The summed E-state index contributed by atoms with van der Waals surface area (Å²) in [6, 6.07) is 8.63. The third-order valence-electron chi connectivity index (χ3n) is 3.70. The van der Waals surface area contributed by atoms with E-state index < -0.39 is 0 Å². The number of carbonyl (C=O) groups excluding carboxylic acids is 2. The number of carbonyl (C=O) groups is 2. The molecule has 2 aromatic heterocycles. The van der Waals surface area contributed by atoms with Crippen molar-refractivity contribution in [2.75, 3.05) is 10.6 Å². The number of aryl methyl sites for hydroxylation is 1. The highest BCUT2D eigenvalue weighted by Crippen LogP contribution is 2.21. The Bertz CT molecular complexity index is 1040. The van der Waals surface area contributed by atoms with Crippen molar-refractivity contribution in [3.8, 4) is 0 Å². The zero-order valence-corrected chi connectivity index (χ0v) is 15.2. The fourth-order valence-electron chi connectivity index (χ4n) is 2.53. The van der Waals surface area contributed by atoms with Crippen molar-refractivity contribution < 1.29 is 9.59 Å². The predicted molar refractivity (Wildman–Crippen MR) is 103 cm³/mol. The fourth-order valence-corrected chi connectivity index (χ4v) is 3.46. The SMILES string of the molecule is CCc1cc2c(=O)n(CC(=O)Nc3cccc(NC(C)=O)c3)cnc2s1. The van der Waals surface area contributed by atoms with Crippen LogP contribution >= 0.6 is 11.3 Å². The second kappa shape index (κ2) is 7.49. The van der Waals surface area contributed by atoms with Gasteiger partial charge in [-0.3, -0.25) is 19.0 Å². The molecule has 0 spiro atoms. The van der Waals surface area contributed by atoms with Crippen molar-refractivity contribution in [3.63, 3.8) is 0 Å². The van der Waals surface area contributed by atoms with E-state index in [1.165, 1.54) is 29.2 Å². The van der Waals surface area contributed by atoms with Crippen LogP contribution in [0.4, 0.5) is 11.4 Å². The zero-order valence-electron chi connectivity index (χ0n) is 14.4. The Labute approximate surface area is 153 Å². The van der Waals surface area contributed by atoms with Gasteiger partial charge in [-0.15, -0.1) is 11.3 Å². The predicted octanol–water partition coefficient (Wildman–Crippen LogP) is 2.62. The molecule has 0 fully saturated rings. The van der Waals surface area contributed by atoms with Crippen LogP contribution in [0.25, 0.3) is 10.2 Å². The summed E-state index contributed by atoms with van der Waals surface area (Å²) >= 11 is 1.49. The van der Waals surface area contributed by atoms with Crippen LogP contribution in [-0.2, 0) is 22.6 Å². The molecule has 0 unspecified atom stereocenters. The van der Waals surface area contributed by atoms with Gasteiger partial charge in [-0.1, -0.05) is 13.0 Å². The molecular formula is C18H18N4O3S. The molecular weight excluding hydrogens is 352 g/mol. The molecule has 0 saturated heterocycles. The molecule has 0 radical (unpaired) electrons. The van der Waals surface area contributed by atoms with E-state index in [0.29, 0.717) is 21.6 Å². The van der Waals surface area contributed by atoms with E-state index in [2.05, 4.69) is 15.6 Å². The maximum absolute atomic E-state index is 12.5. The van der Waals surface area contributed by atoms with E-state index in [9.17, 15) is 14.4 Å². The average molecular weight is 370 g/mol. The van der Waals surface area contributed by atoms with Crippen LogP contribution in [0.15, 0.2) is 41.5 Å². The number of fused-ring (bicyclic) bond motifs is 1. The second-order valence-electron chi connectivity index (χ2n) is 5.77. The standard InChI is InChI=1S/C18H18N4O3S/c1-3-14-8-15-17(26-14)19-10-22(18(15)25)9-16(24)21-13-6-4-5-12(7-13)20-11(2)23/h4-8,10H,3,9H2,1-2H3,(H,20,23)(H,21,24). The number of nitrogens with one attached hydrogen (secondary N) is 2. The molecule has 2 amide bonds. The van der Waals surface area contributed by atoms with Crippen LogP contribution < -0.4 is 16.2 Å². The number of hydrogen-bond donors (Lipinski definition) is 2. The van der Waals surface area contributed by atoms with Crippen molar-refractivity contribution >= 4 is 44.7 Å². The summed E-state index contributed by atoms with van der Waals surface area (Å²) in [7, 11) is 0. The Kier molecular flexibility index (Phi) is 5.13. The summed E-state index contributed by atoms with van der Waals surface area (Å²) in [5, 5.41) is 5.91. The molecule has 3 aromatic rings. The number of anilines is 2.